The van der Waals surface area contributed by atoms with Crippen molar-refractivity contribution in [3.8, 4) is 0 Å². The van der Waals surface area contributed by atoms with Crippen molar-refractivity contribution in [3.63, 3.8) is 0 Å². The molecule has 0 saturated carbocycles. The average molecular weight is 1730 g/mol. The Morgan fingerprint density at radius 2 is 0.429 bits per heavy atom. The number of para-hydroxylation sites is 4. The summed E-state index contributed by atoms with van der Waals surface area (Å²) in [5, 5.41) is 11.6. The van der Waals surface area contributed by atoms with Gasteiger partial charge in [0.25, 0.3) is 0 Å². The van der Waals surface area contributed by atoms with E-state index in [9.17, 15) is 0 Å². The Hall–Kier alpha value is -7.02. The fraction of sp³-hybridized carbons (Fsp3) is 0.280. The van der Waals surface area contributed by atoms with Crippen molar-refractivity contribution in [2.75, 3.05) is 10.6 Å². The van der Waals surface area contributed by atoms with E-state index < -0.39 is 32.2 Å². The third-order valence-electron chi connectivity index (χ3n) is 20.5. The van der Waals surface area contributed by atoms with Gasteiger partial charge < -0.3 is 0 Å². The Labute approximate surface area is 694 Å². The van der Waals surface area contributed by atoms with Crippen LogP contribution in [0.15, 0.2) is 335 Å². The van der Waals surface area contributed by atoms with E-state index in [1.807, 2.05) is 109 Å². The molecule has 0 atom stereocenters. The first kappa shape index (κ1) is 88.9. The average Bonchev–Trinajstić information content (AvgIpc) is 1.53. The van der Waals surface area contributed by atoms with Crippen molar-refractivity contribution in [1.82, 2.24) is 0 Å². The Morgan fingerprint density at radius 1 is 0.259 bits per heavy atom. The Balaban J connectivity index is 0.000000209. The van der Waals surface area contributed by atoms with Gasteiger partial charge >= 0.3 is 591 Å². The molecule has 2 aliphatic rings. The second kappa shape index (κ2) is 41.5. The summed E-state index contributed by atoms with van der Waals surface area (Å²) in [7, 11) is 24.8. The van der Waals surface area contributed by atoms with Crippen LogP contribution in [0.5, 0.6) is 0 Å². The van der Waals surface area contributed by atoms with Crippen LogP contribution in [-0.2, 0) is 0 Å². The second-order valence-electron chi connectivity index (χ2n) is 31.3. The maximum atomic E-state index is 7.97. The number of aliphatic imine (C=N–C) groups is 2. The standard InChI is InChI=1S/2C41H50AsCl2N2P.3C6H6/c2*1-27(2)34-22-16-23-35(28(3)4)39(34)45-31(9)41-38(46-40-36(29(5)6)24-17-25-37(40)30(7)8)26-42(43,44)47(41,32-18-12-10-13-19-32)33-20-14-11-15-21-33;3*1-2-4-6-5-3-1/h2*10-25,27-30,45H,26H2,1-9H3;3*1-6H/b2*41-31+,46-38?;;;. The van der Waals surface area contributed by atoms with Gasteiger partial charge in [0.05, 0.1) is 0 Å². The van der Waals surface area contributed by atoms with Gasteiger partial charge in [-0.15, -0.1) is 0 Å². The monoisotopic (exact) mass is 1730 g/mol. The van der Waals surface area contributed by atoms with Crippen molar-refractivity contribution < 1.29 is 0 Å². The molecule has 586 valence electrons. The van der Waals surface area contributed by atoms with E-state index in [-0.39, 0.29) is 0 Å². The van der Waals surface area contributed by atoms with Gasteiger partial charge in [-0.1, -0.05) is 109 Å². The van der Waals surface area contributed by atoms with Crippen molar-refractivity contribution in [2.24, 2.45) is 9.98 Å². The fourth-order valence-corrected chi connectivity index (χ4v) is 67.5. The molecule has 2 heterocycles. The third-order valence-corrected chi connectivity index (χ3v) is 69.3. The van der Waals surface area contributed by atoms with Gasteiger partial charge in [-0.3, -0.25) is 0 Å². The zero-order chi connectivity index (χ0) is 80.9. The predicted molar refractivity (Wildman–Crippen MR) is 507 cm³/mol. The number of hydrogen-bond acceptors (Lipinski definition) is 4. The van der Waals surface area contributed by atoms with Crippen LogP contribution < -0.4 is 31.9 Å². The maximum Gasteiger partial charge on any atom is -0.0623 e. The third kappa shape index (κ3) is 20.8. The molecule has 0 spiro atoms. The normalized spacial score (nSPS) is 16.2. The summed E-state index contributed by atoms with van der Waals surface area (Å²) in [6, 6.07) is 106. The van der Waals surface area contributed by atoms with Gasteiger partial charge in [0.15, 0.2) is 0 Å². The minimum Gasteiger partial charge on any atom is -0.0623 e. The van der Waals surface area contributed by atoms with E-state index in [4.69, 9.17) is 49.8 Å². The van der Waals surface area contributed by atoms with Crippen LogP contribution in [0.1, 0.15) is 216 Å². The van der Waals surface area contributed by atoms with Crippen LogP contribution in [0.4, 0.5) is 22.7 Å². The molecular formula is C100H118As2Cl4N4P2. The van der Waals surface area contributed by atoms with Gasteiger partial charge in [-0.2, -0.15) is 0 Å². The number of nitrogens with zero attached hydrogens (tertiary/aromatic N) is 2. The predicted octanol–water partition coefficient (Wildman–Crippen LogP) is 30.4. The largest absolute Gasteiger partial charge is 0.0623 e. The molecule has 11 aromatic rings. The molecule has 0 unspecified atom stereocenters. The van der Waals surface area contributed by atoms with Crippen LogP contribution in [0.3, 0.4) is 0 Å². The molecule has 13 rings (SSSR count). The van der Waals surface area contributed by atoms with Gasteiger partial charge in [0.1, 0.15) is 0 Å². The van der Waals surface area contributed by atoms with Gasteiger partial charge in [0.2, 0.25) is 0 Å². The van der Waals surface area contributed by atoms with E-state index in [0.717, 1.165) is 34.2 Å². The first-order valence-corrected chi connectivity index (χ1v) is 60.9. The Bertz CT molecular complexity index is 4540. The number of anilines is 2. The van der Waals surface area contributed by atoms with E-state index >= 15 is 0 Å². The van der Waals surface area contributed by atoms with E-state index in [0.29, 0.717) is 57.8 Å². The van der Waals surface area contributed by atoms with Crippen LogP contribution in [0.2, 0.25) is 10.4 Å². The molecule has 0 aromatic heterocycles. The van der Waals surface area contributed by atoms with Crippen molar-refractivity contribution in [3.05, 3.63) is 370 Å². The molecule has 112 heavy (non-hydrogen) atoms. The van der Waals surface area contributed by atoms with E-state index in [1.165, 1.54) is 87.7 Å². The number of nitrogens with one attached hydrogen (secondary N) is 2. The quantitative estimate of drug-likeness (QED) is 0.0664. The van der Waals surface area contributed by atoms with Crippen LogP contribution in [0.25, 0.3) is 0 Å². The molecule has 11 aromatic carbocycles. The molecule has 4 nitrogen and oxygen atoms in total. The molecule has 0 aliphatic carbocycles. The first-order chi connectivity index (χ1) is 53.6. The fourth-order valence-electron chi connectivity index (χ4n) is 15.1. The Morgan fingerprint density at radius 3 is 0.607 bits per heavy atom. The summed E-state index contributed by atoms with van der Waals surface area (Å²) in [5.41, 5.74) is 19.1. The van der Waals surface area contributed by atoms with Crippen molar-refractivity contribution in [1.29, 1.82) is 0 Å². The summed E-state index contributed by atoms with van der Waals surface area (Å²) in [5.74, 6) is 2.74. The molecule has 12 heteroatoms. The molecule has 0 radical (unpaired) electrons. The zero-order valence-corrected chi connectivity index (χ0v) is 77.7. The van der Waals surface area contributed by atoms with Crippen molar-refractivity contribution >= 4 is 127 Å². The van der Waals surface area contributed by atoms with Crippen LogP contribution in [-0.4, -0.2) is 32.9 Å². The minimum absolute atomic E-state index is 0.326. The molecule has 2 N–H and O–H groups in total. The molecule has 0 fully saturated rings. The minimum atomic E-state index is -3.56. The Kier molecular flexibility index (Phi) is 33.0. The van der Waals surface area contributed by atoms with Crippen LogP contribution >= 0.6 is 50.5 Å². The molecular weight excluding hydrogens is 1610 g/mol. The first-order valence-electron chi connectivity index (χ1n) is 39.8. The van der Waals surface area contributed by atoms with E-state index in [1.54, 1.807) is 0 Å². The summed E-state index contributed by atoms with van der Waals surface area (Å²) in [4.78, 5) is 11.4. The summed E-state index contributed by atoms with van der Waals surface area (Å²) < 4.78 is 0. The summed E-state index contributed by atoms with van der Waals surface area (Å²) in [6.07, 6.45) is 0. The topological polar surface area (TPSA) is 48.8 Å². The smallest absolute Gasteiger partial charge is 0.0623 e. The second-order valence-corrected chi connectivity index (χ2v) is 76.5. The van der Waals surface area contributed by atoms with Gasteiger partial charge in [0, 0.05) is 0 Å². The number of halogens is 4. The molecule has 0 bridgehead atoms. The number of allylic oxidation sites excluding steroid dienone is 4. The van der Waals surface area contributed by atoms with Crippen LogP contribution in [0, 0.1) is 0 Å². The number of benzene rings is 11. The van der Waals surface area contributed by atoms with Gasteiger partial charge in [-0.05, 0) is 0 Å². The number of rotatable bonds is 18. The maximum absolute atomic E-state index is 7.97. The molecule has 2 aliphatic heterocycles. The molecule has 0 amide bonds. The number of hydrogen-bond donors (Lipinski definition) is 2. The van der Waals surface area contributed by atoms with Gasteiger partial charge in [-0.25, -0.2) is 0 Å². The molecule has 0 saturated heterocycles. The summed E-state index contributed by atoms with van der Waals surface area (Å²) >= 11 is 0. The SMILES string of the molecule is C/C(Nc1c(C(C)C)cccc1C(C)C)=C1/C(=Nc2c(C(C)C)cccc2C(C)C)C[As](Cl)(Cl)=P1(c1ccccc1)c1ccccc1.C/C(Nc1c(C(C)C)cccc1C(C)C)=C1/C(=Nc2c(C(C)C)cccc2C(C)C)C[As](Cl)(Cl)=P1(c1ccccc1)c1ccccc1.c1ccccc1.c1ccccc1.c1ccccc1. The van der Waals surface area contributed by atoms with Crippen molar-refractivity contribution in [2.45, 2.75) is 182 Å². The van der Waals surface area contributed by atoms with E-state index in [2.05, 4.69) is 329 Å². The summed E-state index contributed by atoms with van der Waals surface area (Å²) in [6.45, 7) is 40.7. The zero-order valence-electron chi connectivity index (χ0n) is 69.1.